The van der Waals surface area contributed by atoms with Gasteiger partial charge in [0.15, 0.2) is 0 Å². The Morgan fingerprint density at radius 1 is 1.03 bits per heavy atom. The molecule has 6 heteroatoms. The third kappa shape index (κ3) is 6.01. The summed E-state index contributed by atoms with van der Waals surface area (Å²) in [5.74, 6) is 1.28. The van der Waals surface area contributed by atoms with Crippen LogP contribution in [0.2, 0.25) is 0 Å². The number of hydrogen-bond acceptors (Lipinski definition) is 4. The third-order valence-corrected chi connectivity index (χ3v) is 7.88. The Bertz CT molecular complexity index is 1370. The first-order valence-electron chi connectivity index (χ1n) is 13.8. The lowest BCUT2D eigenvalue weighted by molar-refractivity contribution is 0.1000. The van der Waals surface area contributed by atoms with Gasteiger partial charge in [-0.25, -0.2) is 0 Å². The van der Waals surface area contributed by atoms with Crippen LogP contribution < -0.4 is 15.2 Å². The second-order valence-corrected chi connectivity index (χ2v) is 10.5. The smallest absolute Gasteiger partial charge is 0.248 e. The Morgan fingerprint density at radius 3 is 2.51 bits per heavy atom. The van der Waals surface area contributed by atoms with Gasteiger partial charge in [-0.05, 0) is 114 Å². The lowest BCUT2D eigenvalue weighted by Crippen LogP contribution is -2.26. The number of benzene rings is 3. The predicted molar refractivity (Wildman–Crippen MR) is 154 cm³/mol. The fraction of sp³-hybridized carbons (Fsp3) is 0.364. The van der Waals surface area contributed by atoms with Crippen LogP contribution in [-0.4, -0.2) is 50.3 Å². The summed E-state index contributed by atoms with van der Waals surface area (Å²) in [6, 6.07) is 20.4. The number of fused-ring (bicyclic) bond motifs is 1. The number of nitrogens with zero attached hydrogens (tertiary/aromatic N) is 1. The van der Waals surface area contributed by atoms with E-state index in [1.807, 2.05) is 36.4 Å². The topological polar surface area (TPSA) is 64.8 Å². The summed E-state index contributed by atoms with van der Waals surface area (Å²) in [6.45, 7) is 4.42. The number of halogens is 1. The molecule has 1 heterocycles. The minimum atomic E-state index is -0.407. The van der Waals surface area contributed by atoms with E-state index in [1.54, 1.807) is 7.11 Å². The molecule has 5 nitrogen and oxygen atoms in total. The van der Waals surface area contributed by atoms with E-state index < -0.39 is 5.91 Å². The Balaban J connectivity index is 1.52. The second kappa shape index (κ2) is 12.0. The number of allylic oxidation sites excluding steroid dienone is 1. The van der Waals surface area contributed by atoms with Crippen molar-refractivity contribution in [3.63, 3.8) is 0 Å². The van der Waals surface area contributed by atoms with Gasteiger partial charge in [-0.1, -0.05) is 24.3 Å². The number of likely N-dealkylation sites (tertiary alicyclic amines) is 1. The summed E-state index contributed by atoms with van der Waals surface area (Å²) in [4.78, 5) is 14.2. The Hall–Kier alpha value is -3.64. The van der Waals surface area contributed by atoms with E-state index in [4.69, 9.17) is 15.2 Å². The minimum Gasteiger partial charge on any atom is -0.497 e. The largest absolute Gasteiger partial charge is 0.497 e. The van der Waals surface area contributed by atoms with Gasteiger partial charge in [0.1, 0.15) is 17.6 Å². The third-order valence-electron chi connectivity index (χ3n) is 7.88. The molecule has 1 atom stereocenters. The molecule has 5 rings (SSSR count). The van der Waals surface area contributed by atoms with E-state index >= 15 is 0 Å². The lowest BCUT2D eigenvalue weighted by atomic mass is 9.86. The molecule has 1 unspecified atom stereocenters. The van der Waals surface area contributed by atoms with Crippen LogP contribution in [-0.2, 0) is 6.42 Å². The molecule has 0 radical (unpaired) electrons. The summed E-state index contributed by atoms with van der Waals surface area (Å²) in [5, 5.41) is 0. The van der Waals surface area contributed by atoms with Crippen molar-refractivity contribution < 1.29 is 18.7 Å². The highest BCUT2D eigenvalue weighted by atomic mass is 19.1. The van der Waals surface area contributed by atoms with Gasteiger partial charge in [-0.15, -0.1) is 0 Å². The highest BCUT2D eigenvalue weighted by molar-refractivity contribution is 6.01. The fourth-order valence-corrected chi connectivity index (χ4v) is 5.91. The highest BCUT2D eigenvalue weighted by Gasteiger charge is 2.25. The molecule has 204 valence electrons. The van der Waals surface area contributed by atoms with Gasteiger partial charge < -0.3 is 15.2 Å². The molecule has 3 aromatic rings. The van der Waals surface area contributed by atoms with E-state index in [0.717, 1.165) is 79.1 Å². The van der Waals surface area contributed by atoms with Gasteiger partial charge in [0.05, 0.1) is 13.8 Å². The first kappa shape index (κ1) is 26.9. The van der Waals surface area contributed by atoms with Crippen molar-refractivity contribution in [3.8, 4) is 11.5 Å². The first-order chi connectivity index (χ1) is 19.0. The molecule has 2 N–H and O–H groups in total. The number of amides is 1. The van der Waals surface area contributed by atoms with Crippen molar-refractivity contribution in [1.29, 1.82) is 0 Å². The molecule has 1 aliphatic carbocycles. The zero-order valence-electron chi connectivity index (χ0n) is 22.8. The van der Waals surface area contributed by atoms with Crippen LogP contribution in [0.3, 0.4) is 0 Å². The van der Waals surface area contributed by atoms with Gasteiger partial charge in [0.25, 0.3) is 0 Å². The van der Waals surface area contributed by atoms with Crippen molar-refractivity contribution in [2.45, 2.75) is 45.1 Å². The number of rotatable bonds is 9. The number of ether oxygens (including phenoxy) is 2. The molecule has 1 aliphatic heterocycles. The lowest BCUT2D eigenvalue weighted by Gasteiger charge is -2.20. The van der Waals surface area contributed by atoms with Crippen LogP contribution in [0.1, 0.15) is 63.9 Å². The van der Waals surface area contributed by atoms with Crippen molar-refractivity contribution in [1.82, 2.24) is 4.90 Å². The maximum absolute atomic E-state index is 12.6. The van der Waals surface area contributed by atoms with E-state index in [0.29, 0.717) is 12.0 Å². The van der Waals surface area contributed by atoms with E-state index in [2.05, 4.69) is 36.1 Å². The van der Waals surface area contributed by atoms with Crippen LogP contribution in [0.4, 0.5) is 4.39 Å². The van der Waals surface area contributed by atoms with Crippen molar-refractivity contribution in [2.24, 2.45) is 5.73 Å². The Morgan fingerprint density at radius 2 is 1.79 bits per heavy atom. The number of carbonyl (C=O) groups is 1. The molecule has 39 heavy (non-hydrogen) atoms. The standard InChI is InChI=1S/C33H37FN2O3/c1-22-19-27(38-2)12-14-29(22)31-6-3-5-24-20-25(33(35)37)9-13-30(24)32(31)23-7-10-26(11-8-23)39-28-15-18-36(21-28)17-4-16-34/h7-14,19-20,28H,3-6,15-18,21H2,1-2H3,(H2,35,37). The number of methoxy groups -OCH3 is 1. The average Bonchev–Trinajstić information content (AvgIpc) is 3.30. The van der Waals surface area contributed by atoms with Gasteiger partial charge >= 0.3 is 0 Å². The molecule has 0 saturated carbocycles. The number of aryl methyl sites for hydroxylation is 2. The van der Waals surface area contributed by atoms with Crippen LogP contribution in [0.15, 0.2) is 60.7 Å². The van der Waals surface area contributed by atoms with Gasteiger partial charge in [0.2, 0.25) is 5.91 Å². The molecular weight excluding hydrogens is 491 g/mol. The quantitative estimate of drug-likeness (QED) is 0.359. The van der Waals surface area contributed by atoms with Crippen LogP contribution >= 0.6 is 0 Å². The zero-order valence-corrected chi connectivity index (χ0v) is 22.8. The Labute approximate surface area is 230 Å². The van der Waals surface area contributed by atoms with E-state index in [-0.39, 0.29) is 12.8 Å². The number of nitrogens with two attached hydrogens (primary N) is 1. The first-order valence-corrected chi connectivity index (χ1v) is 13.8. The van der Waals surface area contributed by atoms with Crippen LogP contribution in [0.5, 0.6) is 11.5 Å². The van der Waals surface area contributed by atoms with Gasteiger partial charge in [-0.2, -0.15) is 0 Å². The van der Waals surface area contributed by atoms with Crippen molar-refractivity contribution >= 4 is 17.1 Å². The van der Waals surface area contributed by atoms with Crippen molar-refractivity contribution in [3.05, 3.63) is 94.0 Å². The molecular formula is C33H37FN2O3. The monoisotopic (exact) mass is 528 g/mol. The molecule has 1 amide bonds. The fourth-order valence-electron chi connectivity index (χ4n) is 5.91. The predicted octanol–water partition coefficient (Wildman–Crippen LogP) is 6.21. The zero-order chi connectivity index (χ0) is 27.4. The maximum Gasteiger partial charge on any atom is 0.248 e. The Kier molecular flexibility index (Phi) is 8.32. The van der Waals surface area contributed by atoms with Gasteiger partial charge in [0, 0.05) is 25.2 Å². The molecule has 0 aromatic heterocycles. The van der Waals surface area contributed by atoms with E-state index in [1.165, 1.54) is 16.7 Å². The van der Waals surface area contributed by atoms with Crippen molar-refractivity contribution in [2.75, 3.05) is 33.4 Å². The maximum atomic E-state index is 12.6. The average molecular weight is 529 g/mol. The number of alkyl halides is 1. The molecule has 3 aromatic carbocycles. The summed E-state index contributed by atoms with van der Waals surface area (Å²) in [5.41, 5.74) is 14.4. The summed E-state index contributed by atoms with van der Waals surface area (Å²) < 4.78 is 24.3. The SMILES string of the molecule is COc1ccc(C2=C(c3ccc(OC4CCN(CCCF)C4)cc3)c3ccc(C(N)=O)cc3CCC2)c(C)c1. The normalized spacial score (nSPS) is 17.6. The van der Waals surface area contributed by atoms with Gasteiger partial charge in [-0.3, -0.25) is 14.1 Å². The molecule has 1 saturated heterocycles. The molecule has 2 aliphatic rings. The number of primary amides is 1. The molecule has 1 fully saturated rings. The summed E-state index contributed by atoms with van der Waals surface area (Å²) in [6.07, 6.45) is 4.42. The summed E-state index contributed by atoms with van der Waals surface area (Å²) >= 11 is 0. The van der Waals surface area contributed by atoms with E-state index in [9.17, 15) is 9.18 Å². The number of hydrogen-bond donors (Lipinski definition) is 1. The summed E-state index contributed by atoms with van der Waals surface area (Å²) in [7, 11) is 1.69. The molecule has 0 spiro atoms. The van der Waals surface area contributed by atoms with Crippen LogP contribution in [0, 0.1) is 6.92 Å². The minimum absolute atomic E-state index is 0.123. The van der Waals surface area contributed by atoms with Crippen LogP contribution in [0.25, 0.3) is 11.1 Å². The number of carbonyl (C=O) groups excluding carboxylic acids is 1. The molecule has 0 bridgehead atoms. The second-order valence-electron chi connectivity index (χ2n) is 10.5. The highest BCUT2D eigenvalue weighted by Crippen LogP contribution is 2.42.